The smallest absolute Gasteiger partial charge is 0.387 e. The summed E-state index contributed by atoms with van der Waals surface area (Å²) in [6.45, 7) is 1.53. The van der Waals surface area contributed by atoms with Crippen LogP contribution < -0.4 is 15.8 Å². The van der Waals surface area contributed by atoms with E-state index < -0.39 is 6.61 Å². The van der Waals surface area contributed by atoms with Crippen LogP contribution in [0.15, 0.2) is 12.1 Å². The lowest BCUT2D eigenvalue weighted by Crippen LogP contribution is -2.25. The maximum Gasteiger partial charge on any atom is 0.387 e. The van der Waals surface area contributed by atoms with Crippen LogP contribution in [0.3, 0.4) is 0 Å². The fourth-order valence-corrected chi connectivity index (χ4v) is 1.93. The van der Waals surface area contributed by atoms with Crippen LogP contribution in [0.5, 0.6) is 5.75 Å². The highest BCUT2D eigenvalue weighted by atomic mass is 19.3. The van der Waals surface area contributed by atoms with Gasteiger partial charge in [-0.2, -0.15) is 8.78 Å². The highest BCUT2D eigenvalue weighted by molar-refractivity contribution is 5.94. The van der Waals surface area contributed by atoms with Crippen molar-refractivity contribution in [3.63, 3.8) is 0 Å². The number of hydrogen-bond donors (Lipinski definition) is 2. The zero-order valence-electron chi connectivity index (χ0n) is 11.7. The van der Waals surface area contributed by atoms with E-state index in [0.717, 1.165) is 12.8 Å². The molecule has 0 bridgehead atoms. The van der Waals surface area contributed by atoms with E-state index in [4.69, 9.17) is 5.73 Å². The first-order valence-electron chi connectivity index (χ1n) is 6.50. The first kappa shape index (κ1) is 16.4. The number of amides is 1. The zero-order valence-corrected chi connectivity index (χ0v) is 11.7. The second-order valence-corrected chi connectivity index (χ2v) is 4.57. The summed E-state index contributed by atoms with van der Waals surface area (Å²) < 4.78 is 29.0. The van der Waals surface area contributed by atoms with Gasteiger partial charge in [-0.05, 0) is 56.5 Å². The van der Waals surface area contributed by atoms with Crippen LogP contribution in [0.1, 0.15) is 34.3 Å². The molecule has 1 aromatic rings. The normalized spacial score (nSPS) is 10.7. The minimum Gasteiger partial charge on any atom is -0.434 e. The van der Waals surface area contributed by atoms with Gasteiger partial charge in [-0.1, -0.05) is 0 Å². The summed E-state index contributed by atoms with van der Waals surface area (Å²) in [5, 5.41) is 2.76. The molecule has 1 aromatic carbocycles. The van der Waals surface area contributed by atoms with E-state index in [2.05, 4.69) is 10.1 Å². The number of alkyl halides is 2. The number of aryl methyl sites for hydroxylation is 2. The van der Waals surface area contributed by atoms with Crippen molar-refractivity contribution in [2.24, 2.45) is 5.73 Å². The topological polar surface area (TPSA) is 64.4 Å². The fourth-order valence-electron chi connectivity index (χ4n) is 1.93. The second-order valence-electron chi connectivity index (χ2n) is 4.57. The van der Waals surface area contributed by atoms with Gasteiger partial charge >= 0.3 is 6.61 Å². The molecule has 3 N–H and O–H groups in total. The molecule has 6 heteroatoms. The predicted molar refractivity (Wildman–Crippen MR) is 73.2 cm³/mol. The van der Waals surface area contributed by atoms with Crippen LogP contribution in [-0.4, -0.2) is 25.6 Å². The highest BCUT2D eigenvalue weighted by Gasteiger charge is 2.14. The molecular weight excluding hydrogens is 266 g/mol. The summed E-state index contributed by atoms with van der Waals surface area (Å²) in [5.74, 6) is -0.100. The first-order chi connectivity index (χ1) is 9.45. The molecule has 0 aliphatic rings. The van der Waals surface area contributed by atoms with E-state index in [-0.39, 0.29) is 11.7 Å². The minimum atomic E-state index is -2.87. The Hall–Kier alpha value is -1.69. The van der Waals surface area contributed by atoms with Crippen molar-refractivity contribution in [3.05, 3.63) is 28.8 Å². The summed E-state index contributed by atoms with van der Waals surface area (Å²) in [6, 6.07) is 3.09. The van der Waals surface area contributed by atoms with Gasteiger partial charge in [0.2, 0.25) is 0 Å². The quantitative estimate of drug-likeness (QED) is 0.756. The molecule has 0 saturated carbocycles. The van der Waals surface area contributed by atoms with E-state index in [1.807, 2.05) is 0 Å². The Morgan fingerprint density at radius 1 is 1.30 bits per heavy atom. The number of benzene rings is 1. The number of nitrogens with two attached hydrogens (primary N) is 1. The molecule has 1 amide bonds. The van der Waals surface area contributed by atoms with Gasteiger partial charge in [0.05, 0.1) is 0 Å². The van der Waals surface area contributed by atoms with Crippen molar-refractivity contribution < 1.29 is 18.3 Å². The van der Waals surface area contributed by atoms with Crippen molar-refractivity contribution >= 4 is 5.91 Å². The van der Waals surface area contributed by atoms with Crippen molar-refractivity contribution in [3.8, 4) is 5.75 Å². The van der Waals surface area contributed by atoms with Crippen LogP contribution in [0.2, 0.25) is 0 Å². The number of unbranched alkanes of at least 4 members (excludes halogenated alkanes) is 1. The molecule has 4 nitrogen and oxygen atoms in total. The van der Waals surface area contributed by atoms with E-state index in [9.17, 15) is 13.6 Å². The number of carbonyl (C=O) groups excluding carboxylic acids is 1. The average Bonchev–Trinajstić information content (AvgIpc) is 2.38. The predicted octanol–water partition coefficient (Wildman–Crippen LogP) is 2.37. The Kier molecular flexibility index (Phi) is 6.38. The van der Waals surface area contributed by atoms with E-state index >= 15 is 0 Å². The largest absolute Gasteiger partial charge is 0.434 e. The minimum absolute atomic E-state index is 0.125. The van der Waals surface area contributed by atoms with Crippen molar-refractivity contribution in [2.75, 3.05) is 13.1 Å². The summed E-state index contributed by atoms with van der Waals surface area (Å²) in [5.41, 5.74) is 6.83. The van der Waals surface area contributed by atoms with Gasteiger partial charge in [0.15, 0.2) is 0 Å². The molecule has 0 saturated heterocycles. The maximum atomic E-state index is 12.3. The number of halogens is 2. The molecule has 1 rings (SSSR count). The highest BCUT2D eigenvalue weighted by Crippen LogP contribution is 2.26. The van der Waals surface area contributed by atoms with Crippen LogP contribution in [0.25, 0.3) is 0 Å². The second kappa shape index (κ2) is 7.79. The van der Waals surface area contributed by atoms with E-state index in [1.54, 1.807) is 26.0 Å². The maximum absolute atomic E-state index is 12.3. The Bertz CT molecular complexity index is 441. The van der Waals surface area contributed by atoms with Crippen LogP contribution >= 0.6 is 0 Å². The standard InChI is InChI=1S/C14H20F2N2O2/c1-9-7-11(13(19)18-6-4-3-5-17)8-10(2)12(9)20-14(15)16/h7-8,14H,3-6,17H2,1-2H3,(H,18,19). The van der Waals surface area contributed by atoms with Crippen molar-refractivity contribution in [2.45, 2.75) is 33.3 Å². The molecule has 0 aliphatic heterocycles. The third-order valence-corrected chi connectivity index (χ3v) is 2.85. The summed E-state index contributed by atoms with van der Waals surface area (Å²) >= 11 is 0. The molecule has 0 unspecified atom stereocenters. The van der Waals surface area contributed by atoms with Crippen LogP contribution in [0, 0.1) is 13.8 Å². The van der Waals surface area contributed by atoms with Gasteiger partial charge in [0.25, 0.3) is 5.91 Å². The number of hydrogen-bond acceptors (Lipinski definition) is 3. The Morgan fingerprint density at radius 3 is 2.40 bits per heavy atom. The van der Waals surface area contributed by atoms with Gasteiger partial charge in [-0.15, -0.1) is 0 Å². The fraction of sp³-hybridized carbons (Fsp3) is 0.500. The zero-order chi connectivity index (χ0) is 15.1. The molecule has 0 aromatic heterocycles. The van der Waals surface area contributed by atoms with Gasteiger partial charge in [0.1, 0.15) is 5.75 Å². The van der Waals surface area contributed by atoms with Crippen LogP contribution in [-0.2, 0) is 0 Å². The average molecular weight is 286 g/mol. The lowest BCUT2D eigenvalue weighted by Gasteiger charge is -2.13. The molecule has 0 heterocycles. The Labute approximate surface area is 117 Å². The molecule has 0 spiro atoms. The molecule has 112 valence electrons. The van der Waals surface area contributed by atoms with E-state index in [0.29, 0.717) is 29.8 Å². The third kappa shape index (κ3) is 4.77. The van der Waals surface area contributed by atoms with Crippen molar-refractivity contribution in [1.29, 1.82) is 0 Å². The summed E-state index contributed by atoms with van der Waals surface area (Å²) in [7, 11) is 0. The van der Waals surface area contributed by atoms with Gasteiger partial charge < -0.3 is 15.8 Å². The summed E-state index contributed by atoms with van der Waals surface area (Å²) in [6.07, 6.45) is 1.66. The van der Waals surface area contributed by atoms with Crippen molar-refractivity contribution in [1.82, 2.24) is 5.32 Å². The lowest BCUT2D eigenvalue weighted by atomic mass is 10.1. The molecular formula is C14H20F2N2O2. The molecule has 0 aliphatic carbocycles. The van der Waals surface area contributed by atoms with Gasteiger partial charge in [-0.25, -0.2) is 0 Å². The van der Waals surface area contributed by atoms with Gasteiger partial charge in [0, 0.05) is 12.1 Å². The number of carbonyl (C=O) groups is 1. The lowest BCUT2D eigenvalue weighted by molar-refractivity contribution is -0.0507. The Morgan fingerprint density at radius 2 is 1.90 bits per heavy atom. The van der Waals surface area contributed by atoms with Crippen LogP contribution in [0.4, 0.5) is 8.78 Å². The summed E-state index contributed by atoms with van der Waals surface area (Å²) in [4.78, 5) is 11.9. The molecule has 0 atom stereocenters. The molecule has 0 fully saturated rings. The van der Waals surface area contributed by atoms with Gasteiger partial charge in [-0.3, -0.25) is 4.79 Å². The van der Waals surface area contributed by atoms with E-state index in [1.165, 1.54) is 0 Å². The monoisotopic (exact) mass is 286 g/mol. The first-order valence-corrected chi connectivity index (χ1v) is 6.50. The molecule has 0 radical (unpaired) electrons. The number of rotatable bonds is 7. The Balaban J connectivity index is 2.74. The third-order valence-electron chi connectivity index (χ3n) is 2.85. The SMILES string of the molecule is Cc1cc(C(=O)NCCCCN)cc(C)c1OC(F)F. The molecule has 20 heavy (non-hydrogen) atoms. The number of ether oxygens (including phenoxy) is 1. The number of nitrogens with one attached hydrogen (secondary N) is 1.